The lowest BCUT2D eigenvalue weighted by Crippen LogP contribution is -2.45. The number of allylic oxidation sites excluding steroid dienone is 4. The highest BCUT2D eigenvalue weighted by atomic mass is 16.3. The second kappa shape index (κ2) is 37.3. The molecule has 0 rings (SSSR count). The van der Waals surface area contributed by atoms with Crippen LogP contribution in [0.25, 0.3) is 0 Å². The molecule has 0 saturated heterocycles. The van der Waals surface area contributed by atoms with E-state index in [-0.39, 0.29) is 12.5 Å². The van der Waals surface area contributed by atoms with Crippen molar-refractivity contribution in [2.45, 2.75) is 225 Å². The van der Waals surface area contributed by atoms with Gasteiger partial charge in [-0.1, -0.05) is 167 Å². The molecule has 4 heteroatoms. The zero-order valence-corrected chi connectivity index (χ0v) is 30.4. The summed E-state index contributed by atoms with van der Waals surface area (Å²) in [6.45, 7) is 4.31. The average molecular weight is 634 g/mol. The summed E-state index contributed by atoms with van der Waals surface area (Å²) in [5.41, 5.74) is 0. The number of carbonyl (C=O) groups excluding carboxylic acids is 1. The van der Waals surface area contributed by atoms with Crippen molar-refractivity contribution in [3.8, 4) is 0 Å². The number of aliphatic hydroxyl groups is 2. The molecule has 1 amide bonds. The molecule has 0 bridgehead atoms. The molecule has 0 spiro atoms. The van der Waals surface area contributed by atoms with Crippen LogP contribution in [-0.4, -0.2) is 34.9 Å². The minimum absolute atomic E-state index is 0.0425. The molecule has 0 saturated carbocycles. The molecule has 0 aromatic carbocycles. The molecular weight excluding hydrogens is 554 g/mol. The molecule has 0 aliphatic heterocycles. The lowest BCUT2D eigenvalue weighted by atomic mass is 10.0. The Morgan fingerprint density at radius 2 is 0.844 bits per heavy atom. The van der Waals surface area contributed by atoms with Crippen molar-refractivity contribution in [1.82, 2.24) is 5.32 Å². The fourth-order valence-corrected chi connectivity index (χ4v) is 6.05. The van der Waals surface area contributed by atoms with E-state index in [2.05, 4.69) is 43.5 Å². The number of nitrogens with one attached hydrogen (secondary N) is 1. The predicted molar refractivity (Wildman–Crippen MR) is 198 cm³/mol. The van der Waals surface area contributed by atoms with E-state index >= 15 is 0 Å². The molecule has 0 fully saturated rings. The van der Waals surface area contributed by atoms with E-state index in [1.54, 1.807) is 0 Å². The topological polar surface area (TPSA) is 69.6 Å². The zero-order valence-electron chi connectivity index (χ0n) is 30.4. The first kappa shape index (κ1) is 43.9. The van der Waals surface area contributed by atoms with Gasteiger partial charge < -0.3 is 15.5 Å². The normalized spacial score (nSPS) is 13.2. The van der Waals surface area contributed by atoms with Crippen molar-refractivity contribution < 1.29 is 15.0 Å². The van der Waals surface area contributed by atoms with Crippen LogP contribution in [0.1, 0.15) is 213 Å². The fourth-order valence-electron chi connectivity index (χ4n) is 6.05. The van der Waals surface area contributed by atoms with Gasteiger partial charge in [-0.15, -0.1) is 0 Å². The summed E-state index contributed by atoms with van der Waals surface area (Å²) >= 11 is 0. The highest BCUT2D eigenvalue weighted by molar-refractivity contribution is 5.76. The third-order valence-corrected chi connectivity index (χ3v) is 9.18. The standard InChI is InChI=1S/C41H79NO3/c1-3-5-7-9-11-13-15-16-17-18-19-20-21-22-23-24-25-26-27-29-31-33-35-37-41(45)42-39(38-43)40(44)36-34-32-30-28-14-12-10-8-6-4-2/h14,16-17,28,39-40,43-44H,3-13,15,18-27,29-38H2,1-2H3,(H,42,45)/b17-16+,28-14+/t39-,40+/m0/s1. The predicted octanol–water partition coefficient (Wildman–Crippen LogP) is 12.1. The van der Waals surface area contributed by atoms with E-state index in [4.69, 9.17) is 0 Å². The van der Waals surface area contributed by atoms with Crippen LogP contribution in [0, 0.1) is 0 Å². The Balaban J connectivity index is 3.49. The van der Waals surface area contributed by atoms with Crippen molar-refractivity contribution in [2.24, 2.45) is 0 Å². The summed E-state index contributed by atoms with van der Waals surface area (Å²) < 4.78 is 0. The summed E-state index contributed by atoms with van der Waals surface area (Å²) in [5, 5.41) is 23.0. The first-order valence-corrected chi connectivity index (χ1v) is 20.0. The number of hydrogen-bond donors (Lipinski definition) is 3. The Morgan fingerprint density at radius 1 is 0.511 bits per heavy atom. The van der Waals surface area contributed by atoms with Gasteiger partial charge in [0.15, 0.2) is 0 Å². The van der Waals surface area contributed by atoms with Crippen LogP contribution in [0.3, 0.4) is 0 Å². The lowest BCUT2D eigenvalue weighted by Gasteiger charge is -2.22. The van der Waals surface area contributed by atoms with Gasteiger partial charge in [-0.3, -0.25) is 4.79 Å². The highest BCUT2D eigenvalue weighted by Gasteiger charge is 2.19. The number of hydrogen-bond acceptors (Lipinski definition) is 3. The maximum Gasteiger partial charge on any atom is 0.220 e. The van der Waals surface area contributed by atoms with Crippen molar-refractivity contribution >= 4 is 5.91 Å². The monoisotopic (exact) mass is 634 g/mol. The Kier molecular flexibility index (Phi) is 36.4. The van der Waals surface area contributed by atoms with E-state index in [1.807, 2.05) is 0 Å². The highest BCUT2D eigenvalue weighted by Crippen LogP contribution is 2.15. The number of carbonyl (C=O) groups is 1. The van der Waals surface area contributed by atoms with Crippen molar-refractivity contribution in [2.75, 3.05) is 6.61 Å². The molecule has 0 aliphatic carbocycles. The average Bonchev–Trinajstić information content (AvgIpc) is 3.04. The second-order valence-electron chi connectivity index (χ2n) is 13.7. The number of unbranched alkanes of at least 4 members (excludes halogenated alkanes) is 25. The summed E-state index contributed by atoms with van der Waals surface area (Å²) in [4.78, 5) is 12.3. The molecule has 0 aliphatic rings. The van der Waals surface area contributed by atoms with Crippen molar-refractivity contribution in [3.63, 3.8) is 0 Å². The van der Waals surface area contributed by atoms with Gasteiger partial charge in [0.1, 0.15) is 0 Å². The maximum atomic E-state index is 12.3. The SMILES string of the molecule is CCCCCC/C=C/CCCC[C@@H](O)[C@H](CO)NC(=O)CCCCCCCCCCCCCCC/C=C/CCCCCCCC. The van der Waals surface area contributed by atoms with Gasteiger partial charge in [0.25, 0.3) is 0 Å². The first-order valence-electron chi connectivity index (χ1n) is 20.0. The molecule has 4 nitrogen and oxygen atoms in total. The van der Waals surface area contributed by atoms with Crippen LogP contribution < -0.4 is 5.32 Å². The molecule has 266 valence electrons. The molecule has 0 aromatic rings. The molecular formula is C41H79NO3. The Hall–Kier alpha value is -1.13. The van der Waals surface area contributed by atoms with Gasteiger partial charge in [-0.2, -0.15) is 0 Å². The molecule has 0 radical (unpaired) electrons. The first-order chi connectivity index (χ1) is 22.2. The van der Waals surface area contributed by atoms with E-state index in [1.165, 1.54) is 154 Å². The van der Waals surface area contributed by atoms with Crippen LogP contribution in [0.5, 0.6) is 0 Å². The number of aliphatic hydroxyl groups excluding tert-OH is 2. The third kappa shape index (κ3) is 34.0. The van der Waals surface area contributed by atoms with Crippen LogP contribution in [0.15, 0.2) is 24.3 Å². The van der Waals surface area contributed by atoms with E-state index < -0.39 is 12.1 Å². The summed E-state index contributed by atoms with van der Waals surface area (Å²) in [5.74, 6) is -0.0425. The van der Waals surface area contributed by atoms with Gasteiger partial charge in [0.2, 0.25) is 5.91 Å². The molecule has 0 aromatic heterocycles. The van der Waals surface area contributed by atoms with E-state index in [0.29, 0.717) is 12.8 Å². The van der Waals surface area contributed by atoms with Gasteiger partial charge in [0, 0.05) is 6.42 Å². The fraction of sp³-hybridized carbons (Fsp3) is 0.878. The molecule has 0 unspecified atom stereocenters. The van der Waals surface area contributed by atoms with Crippen LogP contribution >= 0.6 is 0 Å². The minimum Gasteiger partial charge on any atom is -0.394 e. The summed E-state index contributed by atoms with van der Waals surface area (Å²) in [6, 6.07) is -0.548. The Labute approximate surface area is 281 Å². The Morgan fingerprint density at radius 3 is 1.24 bits per heavy atom. The van der Waals surface area contributed by atoms with Crippen molar-refractivity contribution in [3.05, 3.63) is 24.3 Å². The lowest BCUT2D eigenvalue weighted by molar-refractivity contribution is -0.123. The van der Waals surface area contributed by atoms with E-state index in [9.17, 15) is 15.0 Å². The molecule has 0 heterocycles. The summed E-state index contributed by atoms with van der Waals surface area (Å²) in [6.07, 6.45) is 46.8. The van der Waals surface area contributed by atoms with Crippen LogP contribution in [0.4, 0.5) is 0 Å². The smallest absolute Gasteiger partial charge is 0.220 e. The van der Waals surface area contributed by atoms with Crippen LogP contribution in [-0.2, 0) is 4.79 Å². The van der Waals surface area contributed by atoms with Crippen LogP contribution in [0.2, 0.25) is 0 Å². The molecule has 3 N–H and O–H groups in total. The maximum absolute atomic E-state index is 12.3. The summed E-state index contributed by atoms with van der Waals surface area (Å²) in [7, 11) is 0. The number of amides is 1. The second-order valence-corrected chi connectivity index (χ2v) is 13.7. The largest absolute Gasteiger partial charge is 0.394 e. The minimum atomic E-state index is -0.677. The van der Waals surface area contributed by atoms with Gasteiger partial charge >= 0.3 is 0 Å². The van der Waals surface area contributed by atoms with Gasteiger partial charge in [-0.05, 0) is 64.2 Å². The van der Waals surface area contributed by atoms with E-state index in [0.717, 1.165) is 32.1 Å². The number of rotatable bonds is 36. The Bertz CT molecular complexity index is 647. The van der Waals surface area contributed by atoms with Gasteiger partial charge in [0.05, 0.1) is 18.8 Å². The molecule has 45 heavy (non-hydrogen) atoms. The van der Waals surface area contributed by atoms with Crippen molar-refractivity contribution in [1.29, 1.82) is 0 Å². The quantitative estimate of drug-likeness (QED) is 0.0475. The third-order valence-electron chi connectivity index (χ3n) is 9.18. The zero-order chi connectivity index (χ0) is 32.9. The van der Waals surface area contributed by atoms with Gasteiger partial charge in [-0.25, -0.2) is 0 Å². The molecule has 2 atom stereocenters.